The van der Waals surface area contributed by atoms with E-state index in [0.717, 1.165) is 5.56 Å². The molecule has 0 aliphatic rings. The molecule has 0 saturated carbocycles. The number of benzene rings is 1. The van der Waals surface area contributed by atoms with Gasteiger partial charge in [-0.2, -0.15) is 0 Å². The number of aliphatic carboxylic acids is 1. The minimum Gasteiger partial charge on any atom is -0.492 e. The van der Waals surface area contributed by atoms with Crippen LogP contribution >= 0.6 is 0 Å². The molecule has 1 heterocycles. The molecule has 0 amide bonds. The lowest BCUT2D eigenvalue weighted by atomic mass is 10.0. The maximum atomic E-state index is 11.9. The molecule has 6 heteroatoms. The Kier molecular flexibility index (Phi) is 5.73. The summed E-state index contributed by atoms with van der Waals surface area (Å²) in [6.07, 6.45) is 0.485. The first kappa shape index (κ1) is 17.7. The third-order valence-corrected chi connectivity index (χ3v) is 3.80. The zero-order chi connectivity index (χ0) is 17.7. The van der Waals surface area contributed by atoms with Gasteiger partial charge in [0.2, 0.25) is 0 Å². The van der Waals surface area contributed by atoms with E-state index in [2.05, 4.69) is 4.98 Å². The standard InChI is InChI=1S/C18H22N2O4/c1-12(18(22)23)10-15-4-6-16(7-5-15)24-9-8-20-14(3)19-13(2)11-17(20)21/h4-7,11-12H,8-10H2,1-3H3,(H,22,23). The van der Waals surface area contributed by atoms with E-state index in [1.807, 2.05) is 24.3 Å². The van der Waals surface area contributed by atoms with Crippen molar-refractivity contribution in [2.24, 2.45) is 5.92 Å². The van der Waals surface area contributed by atoms with Crippen LogP contribution in [0, 0.1) is 19.8 Å². The first-order valence-corrected chi connectivity index (χ1v) is 7.86. The number of rotatable bonds is 7. The third kappa shape index (κ3) is 4.68. The van der Waals surface area contributed by atoms with Gasteiger partial charge in [0.15, 0.2) is 0 Å². The van der Waals surface area contributed by atoms with E-state index in [4.69, 9.17) is 9.84 Å². The molecule has 0 spiro atoms. The molecule has 0 aliphatic carbocycles. The molecule has 1 aromatic heterocycles. The lowest BCUT2D eigenvalue weighted by molar-refractivity contribution is -0.141. The Morgan fingerprint density at radius 3 is 2.54 bits per heavy atom. The Balaban J connectivity index is 1.91. The van der Waals surface area contributed by atoms with Gasteiger partial charge in [-0.25, -0.2) is 4.98 Å². The number of nitrogens with zero attached hydrogens (tertiary/aromatic N) is 2. The van der Waals surface area contributed by atoms with E-state index in [-0.39, 0.29) is 5.56 Å². The summed E-state index contributed by atoms with van der Waals surface area (Å²) in [6, 6.07) is 8.85. The minimum atomic E-state index is -0.803. The van der Waals surface area contributed by atoms with Crippen LogP contribution in [-0.4, -0.2) is 27.2 Å². The molecule has 1 aromatic carbocycles. The number of carbonyl (C=O) groups is 1. The van der Waals surface area contributed by atoms with Crippen LogP contribution < -0.4 is 10.3 Å². The fourth-order valence-electron chi connectivity index (χ4n) is 2.45. The summed E-state index contributed by atoms with van der Waals surface area (Å²) in [7, 11) is 0. The van der Waals surface area contributed by atoms with Gasteiger partial charge in [0.1, 0.15) is 18.2 Å². The van der Waals surface area contributed by atoms with Gasteiger partial charge in [-0.05, 0) is 38.0 Å². The van der Waals surface area contributed by atoms with Gasteiger partial charge < -0.3 is 9.84 Å². The fraction of sp³-hybridized carbons (Fsp3) is 0.389. The summed E-state index contributed by atoms with van der Waals surface area (Å²) >= 11 is 0. The summed E-state index contributed by atoms with van der Waals surface area (Å²) in [5.74, 6) is 0.137. The zero-order valence-electron chi connectivity index (χ0n) is 14.2. The van der Waals surface area contributed by atoms with Crippen LogP contribution in [0.3, 0.4) is 0 Å². The predicted octanol–water partition coefficient (Wildman–Crippen LogP) is 2.20. The average Bonchev–Trinajstić information content (AvgIpc) is 2.51. The molecule has 0 fully saturated rings. The van der Waals surface area contributed by atoms with Gasteiger partial charge in [-0.15, -0.1) is 0 Å². The molecule has 1 atom stereocenters. The number of aromatic nitrogens is 2. The van der Waals surface area contributed by atoms with Crippen LogP contribution in [0.25, 0.3) is 0 Å². The maximum Gasteiger partial charge on any atom is 0.306 e. The van der Waals surface area contributed by atoms with Crippen molar-refractivity contribution in [1.29, 1.82) is 0 Å². The Hall–Kier alpha value is -2.63. The summed E-state index contributed by atoms with van der Waals surface area (Å²) in [4.78, 5) is 27.1. The van der Waals surface area contributed by atoms with E-state index < -0.39 is 11.9 Å². The van der Waals surface area contributed by atoms with Crippen molar-refractivity contribution in [3.63, 3.8) is 0 Å². The van der Waals surface area contributed by atoms with Crippen LogP contribution in [0.4, 0.5) is 0 Å². The second kappa shape index (κ2) is 7.77. The summed E-state index contributed by atoms with van der Waals surface area (Å²) in [6.45, 7) is 6.06. The first-order valence-electron chi connectivity index (χ1n) is 7.86. The van der Waals surface area contributed by atoms with Gasteiger partial charge >= 0.3 is 5.97 Å². The van der Waals surface area contributed by atoms with Gasteiger partial charge in [-0.3, -0.25) is 14.2 Å². The van der Waals surface area contributed by atoms with Crippen LogP contribution in [0.5, 0.6) is 5.75 Å². The van der Waals surface area contributed by atoms with Crippen molar-refractivity contribution in [3.05, 3.63) is 57.8 Å². The zero-order valence-corrected chi connectivity index (χ0v) is 14.2. The van der Waals surface area contributed by atoms with Crippen LogP contribution in [-0.2, 0) is 17.8 Å². The molecule has 2 rings (SSSR count). The quantitative estimate of drug-likeness (QED) is 0.842. The van der Waals surface area contributed by atoms with Gasteiger partial charge in [0, 0.05) is 11.8 Å². The third-order valence-electron chi connectivity index (χ3n) is 3.80. The molecular formula is C18H22N2O4. The Labute approximate surface area is 140 Å². The fourth-order valence-corrected chi connectivity index (χ4v) is 2.45. The van der Waals surface area contributed by atoms with E-state index in [9.17, 15) is 9.59 Å². The van der Waals surface area contributed by atoms with Crippen molar-refractivity contribution < 1.29 is 14.6 Å². The molecule has 0 aliphatic heterocycles. The SMILES string of the molecule is Cc1cc(=O)n(CCOc2ccc(CC(C)C(=O)O)cc2)c(C)n1. The van der Waals surface area contributed by atoms with Gasteiger partial charge in [0.25, 0.3) is 5.56 Å². The predicted molar refractivity (Wildman–Crippen MR) is 90.4 cm³/mol. The summed E-state index contributed by atoms with van der Waals surface area (Å²) in [5.41, 5.74) is 1.58. The molecule has 0 radical (unpaired) electrons. The highest BCUT2D eigenvalue weighted by Gasteiger charge is 2.11. The number of hydrogen-bond acceptors (Lipinski definition) is 4. The monoisotopic (exact) mass is 330 g/mol. The van der Waals surface area contributed by atoms with Gasteiger partial charge in [-0.1, -0.05) is 19.1 Å². The van der Waals surface area contributed by atoms with Crippen molar-refractivity contribution in [2.45, 2.75) is 33.7 Å². The highest BCUT2D eigenvalue weighted by Crippen LogP contribution is 2.15. The molecule has 6 nitrogen and oxygen atoms in total. The second-order valence-electron chi connectivity index (χ2n) is 5.87. The Morgan fingerprint density at radius 2 is 1.96 bits per heavy atom. The van der Waals surface area contributed by atoms with Crippen LogP contribution in [0.2, 0.25) is 0 Å². The summed E-state index contributed by atoms with van der Waals surface area (Å²) in [5, 5.41) is 8.93. The molecular weight excluding hydrogens is 308 g/mol. The highest BCUT2D eigenvalue weighted by atomic mass is 16.5. The molecule has 2 aromatic rings. The van der Waals surface area contributed by atoms with Crippen molar-refractivity contribution in [3.8, 4) is 5.75 Å². The maximum absolute atomic E-state index is 11.9. The topological polar surface area (TPSA) is 81.4 Å². The molecule has 1 N–H and O–H groups in total. The highest BCUT2D eigenvalue weighted by molar-refractivity contribution is 5.69. The summed E-state index contributed by atoms with van der Waals surface area (Å²) < 4.78 is 7.23. The van der Waals surface area contributed by atoms with Crippen molar-refractivity contribution >= 4 is 5.97 Å². The molecule has 0 bridgehead atoms. The average molecular weight is 330 g/mol. The Bertz CT molecular complexity index is 766. The first-order chi connectivity index (χ1) is 11.4. The number of hydrogen-bond donors (Lipinski definition) is 1. The lowest BCUT2D eigenvalue weighted by Crippen LogP contribution is -2.26. The van der Waals surface area contributed by atoms with Crippen LogP contribution in [0.1, 0.15) is 24.0 Å². The minimum absolute atomic E-state index is 0.0818. The van der Waals surface area contributed by atoms with E-state index in [1.165, 1.54) is 6.07 Å². The van der Waals surface area contributed by atoms with E-state index in [1.54, 1.807) is 25.3 Å². The molecule has 1 unspecified atom stereocenters. The number of carboxylic acids is 1. The van der Waals surface area contributed by atoms with E-state index in [0.29, 0.717) is 36.8 Å². The molecule has 24 heavy (non-hydrogen) atoms. The Morgan fingerprint density at radius 1 is 1.29 bits per heavy atom. The number of carboxylic acid groups (broad SMARTS) is 1. The van der Waals surface area contributed by atoms with Crippen LogP contribution in [0.15, 0.2) is 35.1 Å². The second-order valence-corrected chi connectivity index (χ2v) is 5.87. The smallest absolute Gasteiger partial charge is 0.306 e. The normalized spacial score (nSPS) is 12.0. The van der Waals surface area contributed by atoms with Gasteiger partial charge in [0.05, 0.1) is 12.5 Å². The largest absolute Gasteiger partial charge is 0.492 e. The lowest BCUT2D eigenvalue weighted by Gasteiger charge is -2.11. The molecule has 128 valence electrons. The van der Waals surface area contributed by atoms with E-state index >= 15 is 0 Å². The number of aryl methyl sites for hydroxylation is 2. The number of ether oxygens (including phenoxy) is 1. The van der Waals surface area contributed by atoms with Crippen molar-refractivity contribution in [1.82, 2.24) is 9.55 Å². The molecule has 0 saturated heterocycles. The van der Waals surface area contributed by atoms with Crippen molar-refractivity contribution in [2.75, 3.05) is 6.61 Å².